The molecule has 0 radical (unpaired) electrons. The molecule has 1 saturated heterocycles. The number of carbonyl (C=O) groups is 2. The van der Waals surface area contributed by atoms with Gasteiger partial charge >= 0.3 is 0 Å². The molecule has 2 heterocycles. The summed E-state index contributed by atoms with van der Waals surface area (Å²) < 4.78 is 4.92. The van der Waals surface area contributed by atoms with Gasteiger partial charge in [-0.2, -0.15) is 0 Å². The van der Waals surface area contributed by atoms with Crippen LogP contribution in [-0.4, -0.2) is 68.1 Å². The Hall–Kier alpha value is -1.57. The van der Waals surface area contributed by atoms with Gasteiger partial charge in [0.15, 0.2) is 0 Å². The SMILES string of the molecule is COCCNCCNC(=O)c1c[nH]c(C(=O)N2CCCC2)c1.Cl. The van der Waals surface area contributed by atoms with Crippen molar-refractivity contribution in [3.05, 3.63) is 23.5 Å². The molecule has 1 aromatic rings. The van der Waals surface area contributed by atoms with Crippen LogP contribution in [-0.2, 0) is 4.74 Å². The lowest BCUT2D eigenvalue weighted by Gasteiger charge is -2.13. The van der Waals surface area contributed by atoms with Crippen LogP contribution in [0.15, 0.2) is 12.3 Å². The van der Waals surface area contributed by atoms with Gasteiger partial charge in [0.1, 0.15) is 5.69 Å². The number of aromatic amines is 1. The summed E-state index contributed by atoms with van der Waals surface area (Å²) in [7, 11) is 1.65. The first-order valence-corrected chi connectivity index (χ1v) is 7.68. The number of methoxy groups -OCH3 is 1. The van der Waals surface area contributed by atoms with Crippen LogP contribution in [0, 0.1) is 0 Å². The Labute approximate surface area is 142 Å². The highest BCUT2D eigenvalue weighted by atomic mass is 35.5. The molecule has 0 aromatic carbocycles. The zero-order valence-electron chi connectivity index (χ0n) is 13.4. The number of carbonyl (C=O) groups excluding carboxylic acids is 2. The molecule has 1 fully saturated rings. The van der Waals surface area contributed by atoms with Gasteiger partial charge in [-0.1, -0.05) is 0 Å². The van der Waals surface area contributed by atoms with Crippen LogP contribution in [0.4, 0.5) is 0 Å². The highest BCUT2D eigenvalue weighted by Gasteiger charge is 2.21. The third-order valence-electron chi connectivity index (χ3n) is 3.64. The molecule has 7 nitrogen and oxygen atoms in total. The Bertz CT molecular complexity index is 501. The molecule has 0 saturated carbocycles. The number of nitrogens with zero attached hydrogens (tertiary/aromatic N) is 1. The molecule has 2 rings (SSSR count). The quantitative estimate of drug-likeness (QED) is 0.604. The molecule has 1 aromatic heterocycles. The monoisotopic (exact) mass is 344 g/mol. The van der Waals surface area contributed by atoms with Crippen molar-refractivity contribution in [3.8, 4) is 0 Å². The lowest BCUT2D eigenvalue weighted by Crippen LogP contribution is -2.33. The molecule has 0 unspecified atom stereocenters. The van der Waals surface area contributed by atoms with Crippen molar-refractivity contribution >= 4 is 24.2 Å². The molecule has 0 bridgehead atoms. The van der Waals surface area contributed by atoms with Crippen LogP contribution in [0.2, 0.25) is 0 Å². The van der Waals surface area contributed by atoms with Crippen LogP contribution in [0.5, 0.6) is 0 Å². The third-order valence-corrected chi connectivity index (χ3v) is 3.64. The van der Waals surface area contributed by atoms with E-state index in [0.29, 0.717) is 31.0 Å². The average molecular weight is 345 g/mol. The van der Waals surface area contributed by atoms with Crippen molar-refractivity contribution in [2.24, 2.45) is 0 Å². The van der Waals surface area contributed by atoms with Crippen molar-refractivity contribution < 1.29 is 14.3 Å². The van der Waals surface area contributed by atoms with E-state index >= 15 is 0 Å². The number of halogens is 1. The zero-order chi connectivity index (χ0) is 15.8. The minimum absolute atomic E-state index is 0. The Morgan fingerprint density at radius 3 is 2.70 bits per heavy atom. The van der Waals surface area contributed by atoms with Crippen molar-refractivity contribution in [1.29, 1.82) is 0 Å². The molecule has 1 aliphatic rings. The van der Waals surface area contributed by atoms with Gasteiger partial charge in [0.2, 0.25) is 0 Å². The summed E-state index contributed by atoms with van der Waals surface area (Å²) in [4.78, 5) is 28.9. The van der Waals surface area contributed by atoms with Gasteiger partial charge in [0.05, 0.1) is 12.2 Å². The first kappa shape index (κ1) is 19.5. The summed E-state index contributed by atoms with van der Waals surface area (Å²) in [6.45, 7) is 4.21. The zero-order valence-corrected chi connectivity index (χ0v) is 14.2. The number of aromatic nitrogens is 1. The number of hydrogen-bond donors (Lipinski definition) is 3. The second-order valence-electron chi connectivity index (χ2n) is 5.30. The molecular formula is C15H25ClN4O3. The molecule has 23 heavy (non-hydrogen) atoms. The largest absolute Gasteiger partial charge is 0.383 e. The van der Waals surface area contributed by atoms with Crippen molar-refractivity contribution in [2.45, 2.75) is 12.8 Å². The number of nitrogens with one attached hydrogen (secondary N) is 3. The van der Waals surface area contributed by atoms with E-state index in [9.17, 15) is 9.59 Å². The Balaban J connectivity index is 0.00000264. The van der Waals surface area contributed by atoms with Gasteiger partial charge in [-0.3, -0.25) is 9.59 Å². The smallest absolute Gasteiger partial charge is 0.270 e. The highest BCUT2D eigenvalue weighted by Crippen LogP contribution is 2.13. The Morgan fingerprint density at radius 1 is 1.26 bits per heavy atom. The topological polar surface area (TPSA) is 86.5 Å². The second kappa shape index (κ2) is 10.3. The predicted octanol–water partition coefficient (Wildman–Crippen LogP) is 0.638. The first-order valence-electron chi connectivity index (χ1n) is 7.68. The summed E-state index contributed by atoms with van der Waals surface area (Å²) in [6.07, 6.45) is 3.68. The van der Waals surface area contributed by atoms with Crippen molar-refractivity contribution in [2.75, 3.05) is 46.4 Å². The van der Waals surface area contributed by atoms with E-state index in [1.54, 1.807) is 19.4 Å². The first-order chi connectivity index (χ1) is 10.7. The maximum Gasteiger partial charge on any atom is 0.270 e. The molecule has 130 valence electrons. The molecule has 3 N–H and O–H groups in total. The maximum atomic E-state index is 12.2. The van der Waals surface area contributed by atoms with E-state index in [1.807, 2.05) is 4.90 Å². The minimum Gasteiger partial charge on any atom is -0.383 e. The highest BCUT2D eigenvalue weighted by molar-refractivity contribution is 5.99. The van der Waals surface area contributed by atoms with Crippen LogP contribution >= 0.6 is 12.4 Å². The summed E-state index contributed by atoms with van der Waals surface area (Å²) in [5.41, 5.74) is 0.963. The second-order valence-corrected chi connectivity index (χ2v) is 5.30. The Morgan fingerprint density at radius 2 is 2.00 bits per heavy atom. The van der Waals surface area contributed by atoms with Crippen LogP contribution in [0.1, 0.15) is 33.7 Å². The predicted molar refractivity (Wildman–Crippen MR) is 90.3 cm³/mol. The summed E-state index contributed by atoms with van der Waals surface area (Å²) >= 11 is 0. The number of ether oxygens (including phenoxy) is 1. The molecule has 8 heteroatoms. The molecule has 0 spiro atoms. The normalized spacial score (nSPS) is 13.7. The van der Waals surface area contributed by atoms with Gasteiger partial charge in [0, 0.05) is 46.0 Å². The summed E-state index contributed by atoms with van der Waals surface area (Å²) in [5.74, 6) is -0.206. The van der Waals surface area contributed by atoms with E-state index < -0.39 is 0 Å². The van der Waals surface area contributed by atoms with Crippen molar-refractivity contribution in [1.82, 2.24) is 20.5 Å². The van der Waals surface area contributed by atoms with E-state index in [4.69, 9.17) is 4.74 Å². The van der Waals surface area contributed by atoms with E-state index in [1.165, 1.54) is 0 Å². The van der Waals surface area contributed by atoms with Gasteiger partial charge in [0.25, 0.3) is 11.8 Å². The van der Waals surface area contributed by atoms with E-state index in [-0.39, 0.29) is 24.2 Å². The fraction of sp³-hybridized carbons (Fsp3) is 0.600. The summed E-state index contributed by atoms with van der Waals surface area (Å²) in [6, 6.07) is 1.62. The molecule has 0 aliphatic carbocycles. The van der Waals surface area contributed by atoms with E-state index in [2.05, 4.69) is 15.6 Å². The standard InChI is InChI=1S/C15H24N4O3.ClH/c1-22-9-6-16-4-5-17-14(20)12-10-13(18-11-12)15(21)19-7-2-3-8-19;/h10-11,16,18H,2-9H2,1H3,(H,17,20);1H. The molecule has 0 atom stereocenters. The lowest BCUT2D eigenvalue weighted by molar-refractivity contribution is 0.0787. The molecule has 2 amide bonds. The number of rotatable bonds is 8. The maximum absolute atomic E-state index is 12.2. The molecular weight excluding hydrogens is 320 g/mol. The van der Waals surface area contributed by atoms with Crippen LogP contribution < -0.4 is 10.6 Å². The van der Waals surface area contributed by atoms with Crippen LogP contribution in [0.25, 0.3) is 0 Å². The Kier molecular flexibility index (Phi) is 8.68. The van der Waals surface area contributed by atoms with Gasteiger partial charge < -0.3 is 25.3 Å². The van der Waals surface area contributed by atoms with Gasteiger partial charge in [-0.05, 0) is 18.9 Å². The molecule has 1 aliphatic heterocycles. The van der Waals surface area contributed by atoms with Crippen LogP contribution in [0.3, 0.4) is 0 Å². The van der Waals surface area contributed by atoms with Crippen molar-refractivity contribution in [3.63, 3.8) is 0 Å². The van der Waals surface area contributed by atoms with Gasteiger partial charge in [-0.15, -0.1) is 12.4 Å². The van der Waals surface area contributed by atoms with E-state index in [0.717, 1.165) is 32.5 Å². The number of hydrogen-bond acceptors (Lipinski definition) is 4. The minimum atomic E-state index is -0.176. The fourth-order valence-corrected chi connectivity index (χ4v) is 2.41. The number of H-pyrrole nitrogens is 1. The van der Waals surface area contributed by atoms with Gasteiger partial charge in [-0.25, -0.2) is 0 Å². The fourth-order valence-electron chi connectivity index (χ4n) is 2.41. The lowest BCUT2D eigenvalue weighted by atomic mass is 10.2. The number of likely N-dealkylation sites (tertiary alicyclic amines) is 1. The average Bonchev–Trinajstić information content (AvgIpc) is 3.21. The number of amides is 2. The summed E-state index contributed by atoms with van der Waals surface area (Å²) in [5, 5.41) is 5.96. The third kappa shape index (κ3) is 5.85.